The minimum Gasteiger partial charge on any atom is -0.390 e. The van der Waals surface area contributed by atoms with Gasteiger partial charge in [-0.1, -0.05) is 18.5 Å². The zero-order chi connectivity index (χ0) is 12.5. The maximum Gasteiger partial charge on any atom is 0.260 e. The van der Waals surface area contributed by atoms with Crippen molar-refractivity contribution in [2.75, 3.05) is 5.73 Å². The van der Waals surface area contributed by atoms with Crippen LogP contribution in [0.1, 0.15) is 44.3 Å². The number of nitrogens with zero attached hydrogens (tertiary/aromatic N) is 2. The summed E-state index contributed by atoms with van der Waals surface area (Å²) in [6.07, 6.45) is 4.90. The van der Waals surface area contributed by atoms with Gasteiger partial charge in [0.05, 0.1) is 10.6 Å². The third kappa shape index (κ3) is 2.03. The molecular formula is C13H17N3OS. The average Bonchev–Trinajstić information content (AvgIpc) is 3.07. The van der Waals surface area contributed by atoms with Gasteiger partial charge in [-0.25, -0.2) is 0 Å². The van der Waals surface area contributed by atoms with Crippen LogP contribution in [0, 0.1) is 5.92 Å². The number of nitrogen functional groups attached to an aromatic ring is 1. The Labute approximate surface area is 110 Å². The van der Waals surface area contributed by atoms with Crippen LogP contribution < -0.4 is 5.73 Å². The van der Waals surface area contributed by atoms with Crippen molar-refractivity contribution in [1.82, 2.24) is 10.1 Å². The summed E-state index contributed by atoms with van der Waals surface area (Å²) < 4.78 is 5.34. The van der Waals surface area contributed by atoms with Gasteiger partial charge in [0.25, 0.3) is 5.89 Å². The van der Waals surface area contributed by atoms with E-state index in [9.17, 15) is 0 Å². The smallest absolute Gasteiger partial charge is 0.260 e. The highest BCUT2D eigenvalue weighted by Gasteiger charge is 2.28. The summed E-state index contributed by atoms with van der Waals surface area (Å²) in [6.45, 7) is 2.25. The van der Waals surface area contributed by atoms with Crippen molar-refractivity contribution >= 4 is 16.3 Å². The number of rotatable bonds is 3. The lowest BCUT2D eigenvalue weighted by Crippen LogP contribution is -1.97. The van der Waals surface area contributed by atoms with Crippen molar-refractivity contribution < 1.29 is 4.52 Å². The van der Waals surface area contributed by atoms with Crippen molar-refractivity contribution in [3.8, 4) is 11.5 Å². The van der Waals surface area contributed by atoms with Gasteiger partial charge in [0, 0.05) is 5.92 Å². The van der Waals surface area contributed by atoms with Gasteiger partial charge >= 0.3 is 0 Å². The van der Waals surface area contributed by atoms with Crippen LogP contribution in [0.5, 0.6) is 0 Å². The summed E-state index contributed by atoms with van der Waals surface area (Å²) >= 11 is 1.49. The fourth-order valence-electron chi connectivity index (χ4n) is 2.69. The summed E-state index contributed by atoms with van der Waals surface area (Å²) in [4.78, 5) is 4.51. The van der Waals surface area contributed by atoms with Crippen molar-refractivity contribution in [2.45, 2.75) is 38.5 Å². The lowest BCUT2D eigenvalue weighted by molar-refractivity contribution is 0.414. The van der Waals surface area contributed by atoms with Crippen molar-refractivity contribution in [1.29, 1.82) is 0 Å². The first-order chi connectivity index (χ1) is 8.78. The minimum atomic E-state index is 0.465. The molecule has 2 N–H and O–H groups in total. The van der Waals surface area contributed by atoms with Crippen LogP contribution in [0.25, 0.3) is 11.5 Å². The van der Waals surface area contributed by atoms with Crippen molar-refractivity contribution in [2.24, 2.45) is 5.92 Å². The normalized spacial score (nSPS) is 23.6. The molecule has 0 aromatic carbocycles. The molecule has 0 bridgehead atoms. The summed E-state index contributed by atoms with van der Waals surface area (Å²) in [7, 11) is 0. The summed E-state index contributed by atoms with van der Waals surface area (Å²) in [5, 5.41) is 6.81. The fourth-order valence-corrected chi connectivity index (χ4v) is 3.32. The van der Waals surface area contributed by atoms with E-state index in [1.54, 1.807) is 0 Å². The van der Waals surface area contributed by atoms with E-state index in [2.05, 4.69) is 17.1 Å². The Balaban J connectivity index is 1.80. The summed E-state index contributed by atoms with van der Waals surface area (Å²) in [5.41, 5.74) is 6.73. The molecular weight excluding hydrogens is 246 g/mol. The quantitative estimate of drug-likeness (QED) is 0.917. The first kappa shape index (κ1) is 11.7. The van der Waals surface area contributed by atoms with E-state index in [0.29, 0.717) is 11.8 Å². The standard InChI is InChI=1S/C13H17N3OS/c1-2-8-3-4-9(7-8)12-15-13(17-16-12)10-5-6-18-11(10)14/h5-6,8-9H,2-4,7,14H2,1H3. The van der Waals surface area contributed by atoms with Gasteiger partial charge in [-0.3, -0.25) is 0 Å². The number of thiophene rings is 1. The van der Waals surface area contributed by atoms with E-state index < -0.39 is 0 Å². The topological polar surface area (TPSA) is 64.9 Å². The van der Waals surface area contributed by atoms with Crippen LogP contribution in [-0.2, 0) is 0 Å². The molecule has 2 unspecified atom stereocenters. The van der Waals surface area contributed by atoms with Crippen LogP contribution in [-0.4, -0.2) is 10.1 Å². The van der Waals surface area contributed by atoms with Gasteiger partial charge in [-0.2, -0.15) is 4.98 Å². The predicted octanol–water partition coefficient (Wildman–Crippen LogP) is 3.67. The van der Waals surface area contributed by atoms with Crippen LogP contribution >= 0.6 is 11.3 Å². The van der Waals surface area contributed by atoms with Crippen molar-refractivity contribution in [3.63, 3.8) is 0 Å². The van der Waals surface area contributed by atoms with Crippen molar-refractivity contribution in [3.05, 3.63) is 17.3 Å². The van der Waals surface area contributed by atoms with Gasteiger partial charge in [0.2, 0.25) is 0 Å². The third-order valence-electron chi connectivity index (χ3n) is 3.85. The van der Waals surface area contributed by atoms with E-state index >= 15 is 0 Å². The number of hydrogen-bond donors (Lipinski definition) is 1. The number of hydrogen-bond acceptors (Lipinski definition) is 5. The summed E-state index contributed by atoms with van der Waals surface area (Å²) in [6, 6.07) is 1.93. The Kier molecular flexibility index (Phi) is 3.07. The van der Waals surface area contributed by atoms with Gasteiger partial charge < -0.3 is 10.3 Å². The summed E-state index contributed by atoms with van der Waals surface area (Å²) in [5.74, 6) is 2.70. The molecule has 1 aliphatic rings. The molecule has 0 saturated heterocycles. The molecule has 2 aromatic heterocycles. The molecule has 0 amide bonds. The van der Waals surface area contributed by atoms with E-state index in [-0.39, 0.29) is 0 Å². The largest absolute Gasteiger partial charge is 0.390 e. The molecule has 1 fully saturated rings. The molecule has 18 heavy (non-hydrogen) atoms. The molecule has 2 atom stereocenters. The van der Waals surface area contributed by atoms with Gasteiger partial charge in [0.15, 0.2) is 5.82 Å². The van der Waals surface area contributed by atoms with Crippen LogP contribution in [0.4, 0.5) is 5.00 Å². The van der Waals surface area contributed by atoms with E-state index in [1.807, 2.05) is 11.4 Å². The lowest BCUT2D eigenvalue weighted by atomic mass is 10.0. The zero-order valence-corrected chi connectivity index (χ0v) is 11.2. The third-order valence-corrected chi connectivity index (χ3v) is 4.60. The van der Waals surface area contributed by atoms with Gasteiger partial charge in [-0.05, 0) is 36.6 Å². The second-order valence-electron chi connectivity index (χ2n) is 4.94. The first-order valence-electron chi connectivity index (χ1n) is 6.45. The predicted molar refractivity (Wildman–Crippen MR) is 72.4 cm³/mol. The molecule has 1 saturated carbocycles. The molecule has 0 radical (unpaired) electrons. The zero-order valence-electron chi connectivity index (χ0n) is 10.4. The van der Waals surface area contributed by atoms with E-state index in [0.717, 1.165) is 22.3 Å². The van der Waals surface area contributed by atoms with Crippen LogP contribution in [0.2, 0.25) is 0 Å². The molecule has 1 aliphatic carbocycles. The highest BCUT2D eigenvalue weighted by molar-refractivity contribution is 7.14. The fraction of sp³-hybridized carbons (Fsp3) is 0.538. The second kappa shape index (κ2) is 4.72. The maximum absolute atomic E-state index is 5.87. The Morgan fingerprint density at radius 3 is 3.06 bits per heavy atom. The van der Waals surface area contributed by atoms with E-state index in [4.69, 9.17) is 10.3 Å². The molecule has 0 spiro atoms. The molecule has 96 valence electrons. The second-order valence-corrected chi connectivity index (χ2v) is 5.89. The Hall–Kier alpha value is -1.36. The van der Waals surface area contributed by atoms with Gasteiger partial charge in [0.1, 0.15) is 0 Å². The van der Waals surface area contributed by atoms with Gasteiger partial charge in [-0.15, -0.1) is 11.3 Å². The molecule has 5 heteroatoms. The Bertz CT molecular complexity index is 534. The maximum atomic E-state index is 5.87. The molecule has 2 heterocycles. The molecule has 3 rings (SSSR count). The lowest BCUT2D eigenvalue weighted by Gasteiger charge is -2.04. The average molecular weight is 263 g/mol. The highest BCUT2D eigenvalue weighted by atomic mass is 32.1. The Morgan fingerprint density at radius 1 is 1.50 bits per heavy atom. The van der Waals surface area contributed by atoms with Crippen LogP contribution in [0.15, 0.2) is 16.0 Å². The SMILES string of the molecule is CCC1CCC(c2noc(-c3ccsc3N)n2)C1. The van der Waals surface area contributed by atoms with Crippen LogP contribution in [0.3, 0.4) is 0 Å². The van der Waals surface area contributed by atoms with E-state index in [1.165, 1.54) is 37.0 Å². The monoisotopic (exact) mass is 263 g/mol. The molecule has 0 aliphatic heterocycles. The first-order valence-corrected chi connectivity index (χ1v) is 7.32. The number of anilines is 1. The molecule has 4 nitrogen and oxygen atoms in total. The highest BCUT2D eigenvalue weighted by Crippen LogP contribution is 2.39. The number of aromatic nitrogens is 2. The molecule has 2 aromatic rings. The Morgan fingerprint density at radius 2 is 2.39 bits per heavy atom. The number of nitrogens with two attached hydrogens (primary N) is 1. The minimum absolute atomic E-state index is 0.465.